The fourth-order valence-corrected chi connectivity index (χ4v) is 5.10. The zero-order chi connectivity index (χ0) is 32.4. The number of hydrogen-bond donors (Lipinski definition) is 4. The number of unbranched alkanes of at least 4 members (excludes halogenated alkanes) is 11. The minimum atomic E-state index is -2.08. The Morgan fingerprint density at radius 2 is 1.56 bits per heavy atom. The Labute approximate surface area is 257 Å². The van der Waals surface area contributed by atoms with E-state index in [2.05, 4.69) is 24.1 Å². The average molecular weight is 607 g/mol. The first-order valence-corrected chi connectivity index (χ1v) is 15.8. The highest BCUT2D eigenvalue weighted by molar-refractivity contribution is 5.95. The lowest BCUT2D eigenvalue weighted by atomic mass is 9.88. The Hall–Kier alpha value is -3.21. The highest BCUT2D eigenvalue weighted by Gasteiger charge is 2.39. The highest BCUT2D eigenvalue weighted by Crippen LogP contribution is 2.25. The number of ether oxygens (including phenoxy) is 1. The third-order valence-electron chi connectivity index (χ3n) is 7.88. The summed E-state index contributed by atoms with van der Waals surface area (Å²) in [6.45, 7) is 8.96. The van der Waals surface area contributed by atoms with Gasteiger partial charge in [0.05, 0.1) is 12.5 Å². The molecule has 0 aromatic rings. The largest absolute Gasteiger partial charge is 0.460 e. The summed E-state index contributed by atoms with van der Waals surface area (Å²) in [6.07, 6.45) is 14.6. The Morgan fingerprint density at radius 3 is 2.09 bits per heavy atom. The van der Waals surface area contributed by atoms with E-state index in [0.717, 1.165) is 30.2 Å². The lowest BCUT2D eigenvalue weighted by molar-refractivity contribution is -0.165. The summed E-state index contributed by atoms with van der Waals surface area (Å²) >= 11 is 0. The number of carbonyl (C=O) groups excluding carboxylic acids is 5. The summed E-state index contributed by atoms with van der Waals surface area (Å²) in [6, 6.07) is -1.82. The molecule has 0 saturated carbocycles. The van der Waals surface area contributed by atoms with Crippen LogP contribution in [0.4, 0.5) is 0 Å². The van der Waals surface area contributed by atoms with Crippen molar-refractivity contribution in [2.24, 2.45) is 17.6 Å². The van der Waals surface area contributed by atoms with Crippen LogP contribution in [0.15, 0.2) is 24.4 Å². The molecule has 0 aromatic heterocycles. The summed E-state index contributed by atoms with van der Waals surface area (Å²) in [4.78, 5) is 64.1. The number of aliphatic hydroxyl groups is 1. The highest BCUT2D eigenvalue weighted by atomic mass is 16.5. The van der Waals surface area contributed by atoms with E-state index in [1.54, 1.807) is 6.92 Å². The number of carbonyl (C=O) groups is 5. The fourth-order valence-electron chi connectivity index (χ4n) is 5.10. The van der Waals surface area contributed by atoms with Gasteiger partial charge in [0.1, 0.15) is 6.10 Å². The third-order valence-corrected chi connectivity index (χ3v) is 7.88. The maximum absolute atomic E-state index is 13.2. The van der Waals surface area contributed by atoms with Crippen LogP contribution in [0.25, 0.3) is 0 Å². The number of likely N-dealkylation sites (N-methyl/N-ethyl adjacent to an activating group) is 1. The number of cyclic esters (lactones) is 1. The number of primary amides is 1. The van der Waals surface area contributed by atoms with E-state index in [9.17, 15) is 29.1 Å². The normalized spacial score (nSPS) is 22.2. The minimum absolute atomic E-state index is 0.152. The molecule has 11 heteroatoms. The zero-order valence-corrected chi connectivity index (χ0v) is 26.6. The number of amides is 4. The van der Waals surface area contributed by atoms with Crippen LogP contribution in [-0.4, -0.2) is 71.4 Å². The van der Waals surface area contributed by atoms with Gasteiger partial charge < -0.3 is 31.1 Å². The second-order valence-electron chi connectivity index (χ2n) is 11.8. The van der Waals surface area contributed by atoms with E-state index < -0.39 is 60.3 Å². The van der Waals surface area contributed by atoms with E-state index in [1.165, 1.54) is 70.9 Å². The second-order valence-corrected chi connectivity index (χ2v) is 11.8. The molecule has 0 saturated heterocycles. The first-order chi connectivity index (χ1) is 20.4. The minimum Gasteiger partial charge on any atom is -0.460 e. The van der Waals surface area contributed by atoms with Crippen molar-refractivity contribution >= 4 is 29.6 Å². The number of allylic oxidation sites excluding steroid dienone is 1. The molecule has 1 aliphatic rings. The van der Waals surface area contributed by atoms with Gasteiger partial charge in [-0.15, -0.1) is 0 Å². The van der Waals surface area contributed by atoms with Gasteiger partial charge in [-0.2, -0.15) is 0 Å². The maximum atomic E-state index is 13.2. The topological polar surface area (TPSA) is 168 Å². The van der Waals surface area contributed by atoms with Gasteiger partial charge in [0.2, 0.25) is 23.6 Å². The van der Waals surface area contributed by atoms with Gasteiger partial charge in [0.15, 0.2) is 12.1 Å². The maximum Gasteiger partial charge on any atom is 0.332 e. The van der Waals surface area contributed by atoms with Crippen LogP contribution in [0.2, 0.25) is 0 Å². The van der Waals surface area contributed by atoms with E-state index >= 15 is 0 Å². The number of rotatable bonds is 16. The van der Waals surface area contributed by atoms with Gasteiger partial charge in [0, 0.05) is 18.8 Å². The van der Waals surface area contributed by atoms with Crippen molar-refractivity contribution in [1.29, 1.82) is 0 Å². The summed E-state index contributed by atoms with van der Waals surface area (Å²) in [5.74, 6) is -5.34. The molecule has 0 bridgehead atoms. The summed E-state index contributed by atoms with van der Waals surface area (Å²) < 4.78 is 5.73. The molecule has 0 aromatic carbocycles. The van der Waals surface area contributed by atoms with Gasteiger partial charge in [-0.1, -0.05) is 104 Å². The molecule has 5 N–H and O–H groups in total. The first-order valence-electron chi connectivity index (χ1n) is 15.8. The van der Waals surface area contributed by atoms with Crippen molar-refractivity contribution in [3.05, 3.63) is 24.4 Å². The van der Waals surface area contributed by atoms with Crippen molar-refractivity contribution in [2.75, 3.05) is 13.6 Å². The van der Waals surface area contributed by atoms with Crippen molar-refractivity contribution in [1.82, 2.24) is 15.5 Å². The van der Waals surface area contributed by atoms with Gasteiger partial charge in [-0.05, 0) is 18.4 Å². The molecular formula is C32H54N4O7. The second kappa shape index (κ2) is 20.7. The number of nitrogens with two attached hydrogens (primary N) is 1. The molecule has 1 rings (SSSR count). The molecule has 43 heavy (non-hydrogen) atoms. The van der Waals surface area contributed by atoms with Crippen molar-refractivity contribution < 1.29 is 33.8 Å². The van der Waals surface area contributed by atoms with Gasteiger partial charge in [-0.25, -0.2) is 4.79 Å². The molecule has 1 heterocycles. The molecule has 0 radical (unpaired) electrons. The van der Waals surface area contributed by atoms with E-state index in [-0.39, 0.29) is 11.6 Å². The first kappa shape index (κ1) is 37.8. The summed E-state index contributed by atoms with van der Waals surface area (Å²) in [5.41, 5.74) is 5.38. The Balaban J connectivity index is 2.90. The Bertz CT molecular complexity index is 967. The molecule has 5 atom stereocenters. The number of nitrogens with zero attached hydrogens (tertiary/aromatic N) is 1. The Kier molecular flexibility index (Phi) is 18.2. The van der Waals surface area contributed by atoms with E-state index in [4.69, 9.17) is 10.5 Å². The van der Waals surface area contributed by atoms with Crippen LogP contribution in [0.3, 0.4) is 0 Å². The van der Waals surface area contributed by atoms with Crippen LogP contribution < -0.4 is 16.4 Å². The predicted octanol–water partition coefficient (Wildman–Crippen LogP) is 3.25. The molecule has 2 unspecified atom stereocenters. The van der Waals surface area contributed by atoms with Crippen LogP contribution in [0.1, 0.15) is 104 Å². The molecule has 0 fully saturated rings. The van der Waals surface area contributed by atoms with E-state index in [1.807, 2.05) is 6.92 Å². The van der Waals surface area contributed by atoms with Gasteiger partial charge >= 0.3 is 5.97 Å². The smallest absolute Gasteiger partial charge is 0.332 e. The monoisotopic (exact) mass is 606 g/mol. The molecule has 244 valence electrons. The molecule has 11 nitrogen and oxygen atoms in total. The Morgan fingerprint density at radius 1 is 1.02 bits per heavy atom. The van der Waals surface area contributed by atoms with Crippen molar-refractivity contribution in [2.45, 2.75) is 122 Å². The molecular weight excluding hydrogens is 552 g/mol. The number of aliphatic hydroxyl groups excluding tert-OH is 1. The van der Waals surface area contributed by atoms with Crippen LogP contribution >= 0.6 is 0 Å². The third kappa shape index (κ3) is 14.7. The molecule has 1 aliphatic heterocycles. The lowest BCUT2D eigenvalue weighted by Crippen LogP contribution is -2.57. The van der Waals surface area contributed by atoms with Gasteiger partial charge in [-0.3, -0.25) is 19.2 Å². The number of hydrogen-bond acceptors (Lipinski definition) is 7. The standard InChI is InChI=1S/C32H54N4O7/c1-6-7-8-9-10-11-12-13-14-15-16-17-18-22(2)29-24(4)31(41)34-23(3)19-20-26(38)36(5)21-25(37)35-27(32(42)43-29)28(39)30(33)40/h19-20,22,24,27-29,39H,3,6-18,21H2,1-2,4-5H3,(H2,33,40)(H,34,41)(H,35,37)/t22?,24-,27-,28?,29-/m0/s1. The van der Waals surface area contributed by atoms with Crippen LogP contribution in [-0.2, 0) is 28.7 Å². The predicted molar refractivity (Wildman–Crippen MR) is 165 cm³/mol. The average Bonchev–Trinajstić information content (AvgIpc) is 2.96. The molecule has 4 amide bonds. The lowest BCUT2D eigenvalue weighted by Gasteiger charge is -2.31. The number of esters is 1. The zero-order valence-electron chi connectivity index (χ0n) is 26.6. The fraction of sp³-hybridized carbons (Fsp3) is 0.719. The van der Waals surface area contributed by atoms with Crippen molar-refractivity contribution in [3.8, 4) is 0 Å². The molecule has 0 spiro atoms. The molecule has 0 aliphatic carbocycles. The summed E-state index contributed by atoms with van der Waals surface area (Å²) in [7, 11) is 1.35. The van der Waals surface area contributed by atoms with Crippen LogP contribution in [0, 0.1) is 11.8 Å². The van der Waals surface area contributed by atoms with Crippen molar-refractivity contribution in [3.63, 3.8) is 0 Å². The SMILES string of the molecule is C=C1C=CC(=O)N(C)CC(=O)N[C@@H](C(O)C(N)=O)C(=O)O[C@@H](C(C)CCCCCCCCCCCCCC)[C@H](C)C(=O)N1. The number of nitrogens with one attached hydrogen (secondary N) is 2. The quantitative estimate of drug-likeness (QED) is 0.154. The van der Waals surface area contributed by atoms with E-state index in [0.29, 0.717) is 6.42 Å². The van der Waals surface area contributed by atoms with Crippen LogP contribution in [0.5, 0.6) is 0 Å². The van der Waals surface area contributed by atoms with Gasteiger partial charge in [0.25, 0.3) is 0 Å². The summed E-state index contributed by atoms with van der Waals surface area (Å²) in [5, 5.41) is 15.2.